The first kappa shape index (κ1) is 31.1. The van der Waals surface area contributed by atoms with Crippen molar-refractivity contribution in [3.63, 3.8) is 0 Å². The molecule has 12 heteroatoms. The number of pyridine rings is 1. The minimum Gasteiger partial charge on any atom is -0.367 e. The molecule has 5 rings (SSSR count). The highest BCUT2D eigenvalue weighted by Gasteiger charge is 2.38. The van der Waals surface area contributed by atoms with Gasteiger partial charge in [-0.3, -0.25) is 28.5 Å². The van der Waals surface area contributed by atoms with Gasteiger partial charge in [-0.05, 0) is 55.7 Å². The minimum atomic E-state index is -0.464. The molecule has 44 heavy (non-hydrogen) atoms. The summed E-state index contributed by atoms with van der Waals surface area (Å²) in [4.78, 5) is 42.6. The van der Waals surface area contributed by atoms with Gasteiger partial charge in [0.2, 0.25) is 0 Å². The van der Waals surface area contributed by atoms with Gasteiger partial charge in [0.15, 0.2) is 4.32 Å². The lowest BCUT2D eigenvalue weighted by molar-refractivity contribution is -0.113. The molecule has 1 fully saturated rings. The molecular weight excluding hydrogens is 616 g/mol. The number of anilines is 2. The van der Waals surface area contributed by atoms with E-state index in [1.54, 1.807) is 37.7 Å². The number of nitrogens with one attached hydrogen (secondary N) is 1. The Morgan fingerprint density at radius 3 is 2.39 bits per heavy atom. The second-order valence-electron chi connectivity index (χ2n) is 10.2. The summed E-state index contributed by atoms with van der Waals surface area (Å²) < 4.78 is 4.91. The lowest BCUT2D eigenvalue weighted by Crippen LogP contribution is -2.33. The van der Waals surface area contributed by atoms with Crippen LogP contribution in [-0.2, 0) is 24.9 Å². The number of thioether (sulfide) groups is 1. The number of para-hydroxylation sites is 1. The Labute approximate surface area is 269 Å². The molecule has 1 N–H and O–H groups in total. The Morgan fingerprint density at radius 2 is 1.73 bits per heavy atom. The molecule has 1 amide bonds. The Hall–Kier alpha value is -4.37. The summed E-state index contributed by atoms with van der Waals surface area (Å²) >= 11 is 13.1. The van der Waals surface area contributed by atoms with Crippen molar-refractivity contribution >= 4 is 63.4 Å². The molecule has 0 atom stereocenters. The normalized spacial score (nSPS) is 14.0. The number of nitriles is 1. The maximum atomic E-state index is 14.0. The van der Waals surface area contributed by atoms with E-state index in [0.29, 0.717) is 52.9 Å². The molecule has 4 aromatic rings. The number of halogens is 1. The highest BCUT2D eigenvalue weighted by molar-refractivity contribution is 8.27. The summed E-state index contributed by atoms with van der Waals surface area (Å²) in [6, 6.07) is 18.6. The molecule has 0 radical (unpaired) electrons. The summed E-state index contributed by atoms with van der Waals surface area (Å²) in [5, 5.41) is 13.8. The van der Waals surface area contributed by atoms with Crippen LogP contribution in [0.1, 0.15) is 41.3 Å². The molecule has 0 saturated carbocycles. The van der Waals surface area contributed by atoms with E-state index in [1.807, 2.05) is 61.5 Å². The molecule has 0 aliphatic carbocycles. The van der Waals surface area contributed by atoms with Crippen molar-refractivity contribution in [2.24, 2.45) is 7.05 Å². The average Bonchev–Trinajstić information content (AvgIpc) is 3.40. The molecule has 3 heterocycles. The van der Waals surface area contributed by atoms with E-state index < -0.39 is 11.5 Å². The van der Waals surface area contributed by atoms with Crippen molar-refractivity contribution in [2.45, 2.75) is 40.3 Å². The summed E-state index contributed by atoms with van der Waals surface area (Å²) in [6.07, 6.45) is 2.28. The Bertz CT molecular complexity index is 2000. The van der Waals surface area contributed by atoms with Crippen LogP contribution in [0.25, 0.3) is 11.8 Å². The third-order valence-electron chi connectivity index (χ3n) is 7.54. The third kappa shape index (κ3) is 5.41. The van der Waals surface area contributed by atoms with Gasteiger partial charge >= 0.3 is 0 Å². The summed E-state index contributed by atoms with van der Waals surface area (Å²) in [5.74, 6) is -0.00456. The van der Waals surface area contributed by atoms with Gasteiger partial charge in [-0.1, -0.05) is 78.9 Å². The predicted molar refractivity (Wildman–Crippen MR) is 181 cm³/mol. The molecule has 0 spiro atoms. The van der Waals surface area contributed by atoms with Crippen LogP contribution >= 0.6 is 35.6 Å². The molecule has 224 valence electrons. The second-order valence-corrected chi connectivity index (χ2v) is 12.3. The Kier molecular flexibility index (Phi) is 8.97. The fourth-order valence-electron chi connectivity index (χ4n) is 5.21. The van der Waals surface area contributed by atoms with Crippen LogP contribution in [0.4, 0.5) is 11.5 Å². The first-order valence-electron chi connectivity index (χ1n) is 13.9. The topological polar surface area (TPSA) is 105 Å². The van der Waals surface area contributed by atoms with E-state index in [0.717, 1.165) is 17.3 Å². The zero-order chi connectivity index (χ0) is 31.7. The molecular formula is C32H29ClN6O3S2. The quantitative estimate of drug-likeness (QED) is 0.188. The van der Waals surface area contributed by atoms with Gasteiger partial charge in [0, 0.05) is 30.7 Å². The van der Waals surface area contributed by atoms with Crippen LogP contribution in [0.5, 0.6) is 0 Å². The lowest BCUT2D eigenvalue weighted by atomic mass is 10.0. The van der Waals surface area contributed by atoms with Crippen molar-refractivity contribution in [1.29, 1.82) is 5.26 Å². The van der Waals surface area contributed by atoms with Gasteiger partial charge in [0.25, 0.3) is 17.0 Å². The number of benzene rings is 2. The van der Waals surface area contributed by atoms with Crippen molar-refractivity contribution in [2.75, 3.05) is 10.2 Å². The fourth-order valence-corrected chi connectivity index (χ4v) is 6.67. The van der Waals surface area contributed by atoms with Crippen molar-refractivity contribution in [1.82, 2.24) is 13.9 Å². The number of hydrogen-bond donors (Lipinski definition) is 1. The van der Waals surface area contributed by atoms with E-state index in [-0.39, 0.29) is 26.0 Å². The lowest BCUT2D eigenvalue weighted by Gasteiger charge is -2.20. The molecule has 1 aliphatic rings. The van der Waals surface area contributed by atoms with Crippen LogP contribution in [0.15, 0.2) is 69.1 Å². The first-order valence-corrected chi connectivity index (χ1v) is 15.5. The highest BCUT2D eigenvalue weighted by atomic mass is 35.5. The molecule has 2 aromatic heterocycles. The zero-order valence-electron chi connectivity index (χ0n) is 24.6. The largest absolute Gasteiger partial charge is 0.367 e. The van der Waals surface area contributed by atoms with Gasteiger partial charge in [0.1, 0.15) is 23.1 Å². The standard InChI is InChI=1S/C32H29ClN6O3S2/c1-5-15-37-28(35-18-21-11-9-10-14-25(21)33)23(19(2)24(17-34)29(37)40)16-26-30(41)38(32(43)44-26)27-20(3)36(4)39(31(27)42)22-12-7-6-8-13-22/h6-14,16,35H,5,15,18H2,1-4H3/b26-16+. The summed E-state index contributed by atoms with van der Waals surface area (Å²) in [5.41, 5.74) is 2.35. The molecule has 0 bridgehead atoms. The van der Waals surface area contributed by atoms with Crippen LogP contribution in [0.3, 0.4) is 0 Å². The summed E-state index contributed by atoms with van der Waals surface area (Å²) in [6.45, 7) is 6.04. The van der Waals surface area contributed by atoms with E-state index in [9.17, 15) is 19.6 Å². The Balaban J connectivity index is 1.63. The van der Waals surface area contributed by atoms with Crippen molar-refractivity contribution < 1.29 is 4.79 Å². The van der Waals surface area contributed by atoms with Gasteiger partial charge in [0.05, 0.1) is 16.3 Å². The smallest absolute Gasteiger partial charge is 0.296 e. The fraction of sp³-hybridized carbons (Fsp3) is 0.219. The SMILES string of the molecule is CCCn1c(NCc2ccccc2Cl)c(/C=C2/SC(=S)N(c3c(C)n(C)n(-c4ccccc4)c3=O)C2=O)c(C)c(C#N)c1=O. The van der Waals surface area contributed by atoms with E-state index in [1.165, 1.54) is 14.1 Å². The number of aromatic nitrogens is 3. The van der Waals surface area contributed by atoms with Crippen LogP contribution in [-0.4, -0.2) is 24.2 Å². The highest BCUT2D eigenvalue weighted by Crippen LogP contribution is 2.38. The number of hydrogen-bond acceptors (Lipinski definition) is 7. The van der Waals surface area contributed by atoms with Gasteiger partial charge in [-0.25, -0.2) is 4.68 Å². The van der Waals surface area contributed by atoms with E-state index in [4.69, 9.17) is 23.8 Å². The number of nitrogens with zero attached hydrogens (tertiary/aromatic N) is 5. The number of amides is 1. The number of carbonyl (C=O) groups is 1. The van der Waals surface area contributed by atoms with Gasteiger partial charge < -0.3 is 5.32 Å². The monoisotopic (exact) mass is 644 g/mol. The molecule has 0 unspecified atom stereocenters. The molecule has 9 nitrogen and oxygen atoms in total. The van der Waals surface area contributed by atoms with Crippen molar-refractivity contribution in [3.05, 3.63) is 113 Å². The van der Waals surface area contributed by atoms with Crippen LogP contribution in [0.2, 0.25) is 5.02 Å². The second kappa shape index (κ2) is 12.7. The van der Waals surface area contributed by atoms with Gasteiger partial charge in [-0.2, -0.15) is 5.26 Å². The maximum Gasteiger partial charge on any atom is 0.296 e. The molecule has 1 saturated heterocycles. The molecule has 1 aliphatic heterocycles. The Morgan fingerprint density at radius 1 is 1.05 bits per heavy atom. The first-order chi connectivity index (χ1) is 21.1. The minimum absolute atomic E-state index is 0.00637. The number of thiocarbonyl (C=S) groups is 1. The van der Waals surface area contributed by atoms with Crippen molar-refractivity contribution in [3.8, 4) is 11.8 Å². The summed E-state index contributed by atoms with van der Waals surface area (Å²) in [7, 11) is 1.75. The average molecular weight is 645 g/mol. The number of carbonyl (C=O) groups excluding carboxylic acids is 1. The van der Waals surface area contributed by atoms with E-state index in [2.05, 4.69) is 5.32 Å². The van der Waals surface area contributed by atoms with Crippen LogP contribution in [0, 0.1) is 25.2 Å². The van der Waals surface area contributed by atoms with E-state index >= 15 is 0 Å². The molecule has 2 aromatic carbocycles. The predicted octanol–water partition coefficient (Wildman–Crippen LogP) is 5.91. The third-order valence-corrected chi connectivity index (χ3v) is 9.21. The van der Waals surface area contributed by atoms with Crippen LogP contribution < -0.4 is 21.3 Å². The maximum absolute atomic E-state index is 14.0. The van der Waals surface area contributed by atoms with Gasteiger partial charge in [-0.15, -0.1) is 0 Å². The zero-order valence-corrected chi connectivity index (χ0v) is 26.9. The number of rotatable bonds is 8.